The maximum absolute atomic E-state index is 11.3. The molecule has 7 heteroatoms. The number of hydrogen-bond acceptors (Lipinski definition) is 6. The van der Waals surface area contributed by atoms with Gasteiger partial charge in [-0.3, -0.25) is 10.1 Å². The highest BCUT2D eigenvalue weighted by atomic mass is 16.6. The van der Waals surface area contributed by atoms with Crippen molar-refractivity contribution in [3.05, 3.63) is 33.4 Å². The largest absolute Gasteiger partial charge is 0.495 e. The normalized spacial score (nSPS) is 9.24. The fourth-order valence-electron chi connectivity index (χ4n) is 1.32. The predicted molar refractivity (Wildman–Crippen MR) is 55.7 cm³/mol. The number of benzene rings is 1. The Bertz CT molecular complexity index is 518. The summed E-state index contributed by atoms with van der Waals surface area (Å²) in [6, 6.07) is 4.13. The van der Waals surface area contributed by atoms with Crippen LogP contribution >= 0.6 is 0 Å². The number of esters is 1. The summed E-state index contributed by atoms with van der Waals surface area (Å²) in [5.41, 5.74) is -1.20. The average molecular weight is 236 g/mol. The maximum atomic E-state index is 11.3. The number of nitro benzene ring substituents is 1. The third kappa shape index (κ3) is 2.15. The van der Waals surface area contributed by atoms with Crippen LogP contribution in [0.2, 0.25) is 0 Å². The molecule has 0 bridgehead atoms. The average Bonchev–Trinajstić information content (AvgIpc) is 2.35. The molecular weight excluding hydrogens is 228 g/mol. The van der Waals surface area contributed by atoms with E-state index in [0.717, 1.165) is 7.11 Å². The molecule has 88 valence electrons. The van der Waals surface area contributed by atoms with Gasteiger partial charge in [0.1, 0.15) is 17.4 Å². The summed E-state index contributed by atoms with van der Waals surface area (Å²) in [6.45, 7) is 0. The van der Waals surface area contributed by atoms with Crippen LogP contribution in [0, 0.1) is 21.4 Å². The molecule has 0 aliphatic carbocycles. The highest BCUT2D eigenvalue weighted by Gasteiger charge is 2.28. The first-order chi connectivity index (χ1) is 8.06. The minimum Gasteiger partial charge on any atom is -0.495 e. The van der Waals surface area contributed by atoms with Gasteiger partial charge in [0.2, 0.25) is 0 Å². The van der Waals surface area contributed by atoms with Gasteiger partial charge < -0.3 is 9.47 Å². The van der Waals surface area contributed by atoms with Gasteiger partial charge >= 0.3 is 11.7 Å². The minimum atomic E-state index is -0.879. The van der Waals surface area contributed by atoms with Crippen LogP contribution in [0.25, 0.3) is 0 Å². The number of methoxy groups -OCH3 is 2. The Hall–Kier alpha value is -2.62. The summed E-state index contributed by atoms with van der Waals surface area (Å²) >= 11 is 0. The topological polar surface area (TPSA) is 102 Å². The van der Waals surface area contributed by atoms with Gasteiger partial charge in [-0.05, 0) is 12.1 Å². The molecule has 0 atom stereocenters. The molecule has 0 aromatic heterocycles. The van der Waals surface area contributed by atoms with Crippen LogP contribution in [-0.2, 0) is 4.74 Å². The highest BCUT2D eigenvalue weighted by molar-refractivity contribution is 5.95. The summed E-state index contributed by atoms with van der Waals surface area (Å²) in [5.74, 6) is -0.845. The fourth-order valence-corrected chi connectivity index (χ4v) is 1.32. The maximum Gasteiger partial charge on any atom is 0.344 e. The van der Waals surface area contributed by atoms with Crippen LogP contribution < -0.4 is 4.74 Å². The monoisotopic (exact) mass is 236 g/mol. The van der Waals surface area contributed by atoms with Crippen molar-refractivity contribution in [2.24, 2.45) is 0 Å². The number of ether oxygens (including phenoxy) is 2. The number of nitro groups is 1. The molecular formula is C10H8N2O5. The zero-order chi connectivity index (χ0) is 13.0. The Labute approximate surface area is 96.3 Å². The number of nitriles is 1. The van der Waals surface area contributed by atoms with E-state index in [1.54, 1.807) is 6.07 Å². The van der Waals surface area contributed by atoms with Gasteiger partial charge in [-0.25, -0.2) is 4.79 Å². The van der Waals surface area contributed by atoms with Gasteiger partial charge in [0.25, 0.3) is 0 Å². The fraction of sp³-hybridized carbons (Fsp3) is 0.200. The lowest BCUT2D eigenvalue weighted by Gasteiger charge is -2.06. The molecule has 0 heterocycles. The van der Waals surface area contributed by atoms with Gasteiger partial charge in [0.05, 0.1) is 19.1 Å². The van der Waals surface area contributed by atoms with E-state index in [1.165, 1.54) is 19.2 Å². The highest BCUT2D eigenvalue weighted by Crippen LogP contribution is 2.31. The van der Waals surface area contributed by atoms with Crippen LogP contribution in [0.15, 0.2) is 12.1 Å². The SMILES string of the molecule is COC(=O)c1ccc(OC)c(C#N)c1[N+](=O)[O-]. The standard InChI is InChI=1S/C10H8N2O5/c1-16-8-4-3-6(10(13)17-2)9(12(14)15)7(8)5-11/h3-4H,1-2H3. The van der Waals surface area contributed by atoms with Crippen LogP contribution in [0.5, 0.6) is 5.75 Å². The lowest BCUT2D eigenvalue weighted by atomic mass is 10.1. The van der Waals surface area contributed by atoms with Crippen molar-refractivity contribution in [2.75, 3.05) is 14.2 Å². The third-order valence-corrected chi connectivity index (χ3v) is 2.06. The molecule has 0 aliphatic rings. The molecule has 1 rings (SSSR count). The second kappa shape index (κ2) is 4.94. The van der Waals surface area contributed by atoms with E-state index in [0.29, 0.717) is 0 Å². The molecule has 0 radical (unpaired) electrons. The molecule has 0 spiro atoms. The molecule has 1 aromatic carbocycles. The Morgan fingerprint density at radius 1 is 1.47 bits per heavy atom. The lowest BCUT2D eigenvalue weighted by molar-refractivity contribution is -0.385. The van der Waals surface area contributed by atoms with Gasteiger partial charge in [-0.15, -0.1) is 0 Å². The smallest absolute Gasteiger partial charge is 0.344 e. The number of hydrogen-bond donors (Lipinski definition) is 0. The van der Waals surface area contributed by atoms with Crippen LogP contribution in [0.3, 0.4) is 0 Å². The quantitative estimate of drug-likeness (QED) is 0.444. The van der Waals surface area contributed by atoms with Crippen molar-refractivity contribution in [1.29, 1.82) is 5.26 Å². The Balaban J connectivity index is 3.60. The van der Waals surface area contributed by atoms with Crippen molar-refractivity contribution in [1.82, 2.24) is 0 Å². The summed E-state index contributed by atoms with van der Waals surface area (Å²) in [7, 11) is 2.38. The van der Waals surface area contributed by atoms with Gasteiger partial charge in [0.15, 0.2) is 5.56 Å². The number of carbonyl (C=O) groups excluding carboxylic acids is 1. The van der Waals surface area contributed by atoms with E-state index in [4.69, 9.17) is 10.00 Å². The molecule has 0 fully saturated rings. The first-order valence-corrected chi connectivity index (χ1v) is 4.40. The van der Waals surface area contributed by atoms with E-state index < -0.39 is 16.6 Å². The number of rotatable bonds is 3. The molecule has 0 aliphatic heterocycles. The number of nitrogens with zero attached hydrogens (tertiary/aromatic N) is 2. The van der Waals surface area contributed by atoms with Gasteiger partial charge in [-0.2, -0.15) is 5.26 Å². The Kier molecular flexibility index (Phi) is 3.62. The molecule has 0 unspecified atom stereocenters. The van der Waals surface area contributed by atoms with Crippen LogP contribution in [-0.4, -0.2) is 25.1 Å². The molecule has 7 nitrogen and oxygen atoms in total. The Morgan fingerprint density at radius 3 is 2.53 bits per heavy atom. The minimum absolute atomic E-state index is 0.0341. The molecule has 17 heavy (non-hydrogen) atoms. The van der Waals surface area contributed by atoms with Crippen molar-refractivity contribution in [3.8, 4) is 11.8 Å². The first kappa shape index (κ1) is 12.4. The second-order valence-electron chi connectivity index (χ2n) is 2.90. The van der Waals surface area contributed by atoms with E-state index in [2.05, 4.69) is 4.74 Å². The molecule has 0 amide bonds. The van der Waals surface area contributed by atoms with E-state index in [-0.39, 0.29) is 16.9 Å². The third-order valence-electron chi connectivity index (χ3n) is 2.06. The molecule has 0 saturated carbocycles. The van der Waals surface area contributed by atoms with Crippen molar-refractivity contribution < 1.29 is 19.2 Å². The van der Waals surface area contributed by atoms with Crippen molar-refractivity contribution in [3.63, 3.8) is 0 Å². The molecule has 0 saturated heterocycles. The van der Waals surface area contributed by atoms with Crippen molar-refractivity contribution in [2.45, 2.75) is 0 Å². The van der Waals surface area contributed by atoms with Crippen molar-refractivity contribution >= 4 is 11.7 Å². The van der Waals surface area contributed by atoms with E-state index in [1.807, 2.05) is 0 Å². The lowest BCUT2D eigenvalue weighted by Crippen LogP contribution is -2.08. The van der Waals surface area contributed by atoms with Gasteiger partial charge in [0, 0.05) is 0 Å². The Morgan fingerprint density at radius 2 is 2.12 bits per heavy atom. The zero-order valence-electron chi connectivity index (χ0n) is 9.09. The number of carbonyl (C=O) groups is 1. The summed E-state index contributed by atoms with van der Waals surface area (Å²) in [6.07, 6.45) is 0. The molecule has 0 N–H and O–H groups in total. The summed E-state index contributed by atoms with van der Waals surface area (Å²) in [5, 5.41) is 19.8. The van der Waals surface area contributed by atoms with E-state index >= 15 is 0 Å². The van der Waals surface area contributed by atoms with Crippen LogP contribution in [0.1, 0.15) is 15.9 Å². The van der Waals surface area contributed by atoms with E-state index in [9.17, 15) is 14.9 Å². The summed E-state index contributed by atoms with van der Waals surface area (Å²) in [4.78, 5) is 21.4. The van der Waals surface area contributed by atoms with Crippen LogP contribution in [0.4, 0.5) is 5.69 Å². The zero-order valence-corrected chi connectivity index (χ0v) is 9.09. The summed E-state index contributed by atoms with van der Waals surface area (Å²) < 4.78 is 9.22. The predicted octanol–water partition coefficient (Wildman–Crippen LogP) is 1.26. The van der Waals surface area contributed by atoms with Gasteiger partial charge in [-0.1, -0.05) is 0 Å². The molecule has 1 aromatic rings. The second-order valence-corrected chi connectivity index (χ2v) is 2.90. The first-order valence-electron chi connectivity index (χ1n) is 4.40.